The minimum absolute atomic E-state index is 0.0414. The summed E-state index contributed by atoms with van der Waals surface area (Å²) in [7, 11) is 1.81. The second kappa shape index (κ2) is 6.13. The van der Waals surface area contributed by atoms with Crippen molar-refractivity contribution in [3.8, 4) is 5.75 Å². The van der Waals surface area contributed by atoms with Crippen LogP contribution in [0.3, 0.4) is 0 Å². The third-order valence-corrected chi connectivity index (χ3v) is 4.01. The van der Waals surface area contributed by atoms with Crippen LogP contribution in [-0.4, -0.2) is 53.5 Å². The van der Waals surface area contributed by atoms with Crippen molar-refractivity contribution in [3.63, 3.8) is 0 Å². The van der Waals surface area contributed by atoms with Gasteiger partial charge in [-0.15, -0.1) is 0 Å². The second-order valence-electron chi connectivity index (χ2n) is 5.38. The van der Waals surface area contributed by atoms with Crippen LogP contribution in [0.5, 0.6) is 5.75 Å². The minimum Gasteiger partial charge on any atom is -0.506 e. The molecule has 1 aliphatic rings. The van der Waals surface area contributed by atoms with Gasteiger partial charge in [0.25, 0.3) is 5.91 Å². The molecule has 0 radical (unpaired) electrons. The van der Waals surface area contributed by atoms with Crippen molar-refractivity contribution in [2.24, 2.45) is 0 Å². The summed E-state index contributed by atoms with van der Waals surface area (Å²) in [6.07, 6.45) is 2.33. The number of anilines is 1. The van der Waals surface area contributed by atoms with Gasteiger partial charge in [0, 0.05) is 25.2 Å². The van der Waals surface area contributed by atoms with E-state index >= 15 is 0 Å². The Bertz CT molecular complexity index is 490. The molecule has 0 bridgehead atoms. The van der Waals surface area contributed by atoms with E-state index in [4.69, 9.17) is 5.73 Å². The van der Waals surface area contributed by atoms with Crippen molar-refractivity contribution in [1.29, 1.82) is 0 Å². The first kappa shape index (κ1) is 14.7. The van der Waals surface area contributed by atoms with Gasteiger partial charge >= 0.3 is 0 Å². The van der Waals surface area contributed by atoms with E-state index in [1.165, 1.54) is 12.5 Å². The zero-order valence-electron chi connectivity index (χ0n) is 12.2. The number of carbonyl (C=O) groups excluding carboxylic acids is 1. The average Bonchev–Trinajstić information content (AvgIpc) is 2.88. The largest absolute Gasteiger partial charge is 0.506 e. The zero-order chi connectivity index (χ0) is 14.7. The van der Waals surface area contributed by atoms with Gasteiger partial charge in [-0.3, -0.25) is 9.69 Å². The summed E-state index contributed by atoms with van der Waals surface area (Å²) in [6.45, 7) is 5.01. The number of carbonyl (C=O) groups is 1. The highest BCUT2D eigenvalue weighted by atomic mass is 16.3. The number of likely N-dealkylation sites (tertiary alicyclic amines) is 1. The predicted octanol–water partition coefficient (Wildman–Crippen LogP) is 1.53. The van der Waals surface area contributed by atoms with Crippen molar-refractivity contribution in [3.05, 3.63) is 23.8 Å². The molecular formula is C15H23N3O2. The normalized spacial score (nSPS) is 19.2. The van der Waals surface area contributed by atoms with E-state index in [0.29, 0.717) is 11.6 Å². The summed E-state index contributed by atoms with van der Waals surface area (Å²) < 4.78 is 0. The Balaban J connectivity index is 2.03. The van der Waals surface area contributed by atoms with Gasteiger partial charge in [0.05, 0.1) is 5.69 Å². The van der Waals surface area contributed by atoms with Gasteiger partial charge in [-0.2, -0.15) is 0 Å². The predicted molar refractivity (Wildman–Crippen MR) is 79.7 cm³/mol. The van der Waals surface area contributed by atoms with Crippen molar-refractivity contribution < 1.29 is 9.90 Å². The van der Waals surface area contributed by atoms with Crippen LogP contribution >= 0.6 is 0 Å². The maximum atomic E-state index is 12.3. The van der Waals surface area contributed by atoms with E-state index in [1.54, 1.807) is 17.0 Å². The van der Waals surface area contributed by atoms with E-state index in [-0.39, 0.29) is 17.3 Å². The first-order chi connectivity index (χ1) is 9.52. The summed E-state index contributed by atoms with van der Waals surface area (Å²) in [5, 5.41) is 9.59. The third kappa shape index (κ3) is 3.04. The van der Waals surface area contributed by atoms with Crippen LogP contribution in [0, 0.1) is 0 Å². The number of benzene rings is 1. The minimum atomic E-state index is -0.0803. The van der Waals surface area contributed by atoms with Gasteiger partial charge in [0.15, 0.2) is 0 Å². The lowest BCUT2D eigenvalue weighted by Gasteiger charge is -2.27. The number of nitrogens with two attached hydrogens (primary N) is 1. The quantitative estimate of drug-likeness (QED) is 0.647. The molecule has 1 saturated heterocycles. The molecule has 1 amide bonds. The molecule has 1 unspecified atom stereocenters. The molecule has 0 spiro atoms. The lowest BCUT2D eigenvalue weighted by Crippen LogP contribution is -2.41. The monoisotopic (exact) mass is 277 g/mol. The van der Waals surface area contributed by atoms with E-state index in [1.807, 2.05) is 7.05 Å². The number of rotatable bonds is 4. The number of amides is 1. The maximum Gasteiger partial charge on any atom is 0.253 e. The molecule has 1 aromatic rings. The molecule has 1 aliphatic heterocycles. The van der Waals surface area contributed by atoms with Gasteiger partial charge in [-0.1, -0.05) is 6.92 Å². The molecule has 1 aromatic carbocycles. The first-order valence-electron chi connectivity index (χ1n) is 7.11. The molecule has 1 atom stereocenters. The van der Waals surface area contributed by atoms with E-state index in [2.05, 4.69) is 11.8 Å². The number of hydrogen-bond acceptors (Lipinski definition) is 4. The summed E-state index contributed by atoms with van der Waals surface area (Å²) >= 11 is 0. The van der Waals surface area contributed by atoms with Crippen LogP contribution < -0.4 is 5.73 Å². The fourth-order valence-corrected chi connectivity index (χ4v) is 2.81. The Morgan fingerprint density at radius 2 is 2.30 bits per heavy atom. The van der Waals surface area contributed by atoms with Gasteiger partial charge in [0.2, 0.25) is 0 Å². The van der Waals surface area contributed by atoms with Crippen LogP contribution in [0.15, 0.2) is 18.2 Å². The van der Waals surface area contributed by atoms with Gasteiger partial charge < -0.3 is 15.7 Å². The van der Waals surface area contributed by atoms with Crippen molar-refractivity contribution in [2.45, 2.75) is 25.8 Å². The molecule has 20 heavy (non-hydrogen) atoms. The number of nitrogen functional groups attached to an aromatic ring is 1. The molecule has 3 N–H and O–H groups in total. The smallest absolute Gasteiger partial charge is 0.253 e. The highest BCUT2D eigenvalue weighted by Gasteiger charge is 2.26. The van der Waals surface area contributed by atoms with Gasteiger partial charge in [0.1, 0.15) is 5.75 Å². The lowest BCUT2D eigenvalue weighted by atomic mass is 10.1. The standard InChI is InChI=1S/C15H23N3O2/c1-3-18-8-4-5-12(18)10-17(2)15(20)11-6-7-13(16)14(19)9-11/h6-7,9,12,19H,3-5,8,10,16H2,1-2H3. The number of phenols is 1. The summed E-state index contributed by atoms with van der Waals surface area (Å²) in [6, 6.07) is 5.08. The zero-order valence-corrected chi connectivity index (χ0v) is 12.2. The van der Waals surface area contributed by atoms with E-state index in [0.717, 1.165) is 26.1 Å². The highest BCUT2D eigenvalue weighted by Crippen LogP contribution is 2.22. The summed E-state index contributed by atoms with van der Waals surface area (Å²) in [4.78, 5) is 16.5. The number of aromatic hydroxyl groups is 1. The van der Waals surface area contributed by atoms with Crippen LogP contribution in [0.1, 0.15) is 30.1 Å². The molecule has 0 saturated carbocycles. The van der Waals surface area contributed by atoms with Gasteiger partial charge in [-0.25, -0.2) is 0 Å². The lowest BCUT2D eigenvalue weighted by molar-refractivity contribution is 0.0754. The SMILES string of the molecule is CCN1CCCC1CN(C)C(=O)c1ccc(N)c(O)c1. The van der Waals surface area contributed by atoms with Crippen molar-refractivity contribution >= 4 is 11.6 Å². The number of hydrogen-bond donors (Lipinski definition) is 2. The first-order valence-corrected chi connectivity index (χ1v) is 7.11. The van der Waals surface area contributed by atoms with Crippen molar-refractivity contribution in [2.75, 3.05) is 32.4 Å². The maximum absolute atomic E-state index is 12.3. The molecular weight excluding hydrogens is 254 g/mol. The molecule has 2 rings (SSSR count). The Kier molecular flexibility index (Phi) is 4.49. The van der Waals surface area contributed by atoms with Crippen LogP contribution in [-0.2, 0) is 0 Å². The molecule has 1 fully saturated rings. The van der Waals surface area contributed by atoms with Crippen LogP contribution in [0.4, 0.5) is 5.69 Å². The highest BCUT2D eigenvalue weighted by molar-refractivity contribution is 5.95. The Hall–Kier alpha value is -1.75. The molecule has 5 nitrogen and oxygen atoms in total. The number of phenolic OH excluding ortho intramolecular Hbond substituents is 1. The third-order valence-electron chi connectivity index (χ3n) is 4.01. The summed E-state index contributed by atoms with van der Waals surface area (Å²) in [5.41, 5.74) is 6.31. The molecule has 0 aromatic heterocycles. The number of likely N-dealkylation sites (N-methyl/N-ethyl adjacent to an activating group) is 2. The number of nitrogens with zero attached hydrogens (tertiary/aromatic N) is 2. The van der Waals surface area contributed by atoms with Gasteiger partial charge in [-0.05, 0) is 44.1 Å². The van der Waals surface area contributed by atoms with Crippen molar-refractivity contribution in [1.82, 2.24) is 9.80 Å². The van der Waals surface area contributed by atoms with Crippen LogP contribution in [0.25, 0.3) is 0 Å². The molecule has 110 valence electrons. The Labute approximate surface area is 120 Å². The van der Waals surface area contributed by atoms with E-state index < -0.39 is 0 Å². The fraction of sp³-hybridized carbons (Fsp3) is 0.533. The second-order valence-corrected chi connectivity index (χ2v) is 5.38. The Morgan fingerprint density at radius 1 is 1.55 bits per heavy atom. The fourth-order valence-electron chi connectivity index (χ4n) is 2.81. The average molecular weight is 277 g/mol. The Morgan fingerprint density at radius 3 is 2.95 bits per heavy atom. The van der Waals surface area contributed by atoms with E-state index in [9.17, 15) is 9.90 Å². The molecule has 0 aliphatic carbocycles. The molecule has 5 heteroatoms. The summed E-state index contributed by atoms with van der Waals surface area (Å²) in [5.74, 6) is -0.122. The topological polar surface area (TPSA) is 69.8 Å². The molecule has 1 heterocycles. The van der Waals surface area contributed by atoms with Crippen LogP contribution in [0.2, 0.25) is 0 Å².